The van der Waals surface area contributed by atoms with E-state index in [0.29, 0.717) is 25.7 Å². The molecule has 0 aliphatic rings. The lowest BCUT2D eigenvalue weighted by Crippen LogP contribution is -2.58. The van der Waals surface area contributed by atoms with E-state index in [1.165, 1.54) is 33.5 Å². The van der Waals surface area contributed by atoms with Crippen LogP contribution in [0.4, 0.5) is 0 Å². The number of carbonyl (C=O) groups is 3. The third-order valence-corrected chi connectivity index (χ3v) is 7.38. The molecule has 0 aliphatic heterocycles. The fourth-order valence-corrected chi connectivity index (χ4v) is 4.85. The van der Waals surface area contributed by atoms with Crippen molar-refractivity contribution in [3.05, 3.63) is 29.8 Å². The Morgan fingerprint density at radius 2 is 1.10 bits per heavy atom. The topological polar surface area (TPSA) is 153 Å². The molecule has 0 aromatic heterocycles. The van der Waals surface area contributed by atoms with Crippen LogP contribution in [-0.4, -0.2) is 92.8 Å². The van der Waals surface area contributed by atoms with Gasteiger partial charge in [-0.1, -0.05) is 17.7 Å². The molecule has 0 fully saturated rings. The highest BCUT2D eigenvalue weighted by atomic mass is 32.2. The number of unbranched alkanes of at least 4 members (excludes halogenated alkanes) is 2. The molecular weight excluding hydrogens is 546 g/mol. The van der Waals surface area contributed by atoms with Gasteiger partial charge in [-0.15, -0.1) is 0 Å². The van der Waals surface area contributed by atoms with Crippen LogP contribution in [0.1, 0.15) is 50.5 Å². The van der Waals surface area contributed by atoms with Crippen LogP contribution < -0.4 is 4.72 Å². The van der Waals surface area contributed by atoms with Gasteiger partial charge in [0.25, 0.3) is 0 Å². The number of esters is 3. The van der Waals surface area contributed by atoms with Gasteiger partial charge in [-0.05, 0) is 44.7 Å². The van der Waals surface area contributed by atoms with Gasteiger partial charge in [0.1, 0.15) is 5.54 Å². The zero-order chi connectivity index (χ0) is 29.9. The number of ether oxygens (including phenoxy) is 6. The Morgan fingerprint density at radius 3 is 1.55 bits per heavy atom. The lowest BCUT2D eigenvalue weighted by atomic mass is 10.1. The van der Waals surface area contributed by atoms with Crippen LogP contribution in [0.3, 0.4) is 0 Å². The van der Waals surface area contributed by atoms with Crippen molar-refractivity contribution in [2.45, 2.75) is 62.3 Å². The van der Waals surface area contributed by atoms with Crippen LogP contribution in [0.15, 0.2) is 29.2 Å². The number of rotatable bonds is 22. The molecule has 0 aliphatic carbocycles. The summed E-state index contributed by atoms with van der Waals surface area (Å²) in [6.45, 7) is 2.01. The maximum Gasteiger partial charge on any atom is 0.307 e. The number of carbonyl (C=O) groups excluding carboxylic acids is 3. The third kappa shape index (κ3) is 14.7. The quantitative estimate of drug-likeness (QED) is 0.120. The van der Waals surface area contributed by atoms with Crippen molar-refractivity contribution in [3.63, 3.8) is 0 Å². The Morgan fingerprint density at radius 1 is 0.675 bits per heavy atom. The van der Waals surface area contributed by atoms with E-state index in [4.69, 9.17) is 14.2 Å². The second-order valence-electron chi connectivity index (χ2n) is 9.25. The van der Waals surface area contributed by atoms with Gasteiger partial charge in [0.05, 0.1) is 59.1 Å². The van der Waals surface area contributed by atoms with E-state index in [2.05, 4.69) is 18.9 Å². The zero-order valence-corrected chi connectivity index (χ0v) is 24.7. The Bertz CT molecular complexity index is 968. The fourth-order valence-electron chi connectivity index (χ4n) is 3.49. The molecule has 0 saturated carbocycles. The third-order valence-electron chi connectivity index (χ3n) is 5.79. The molecule has 0 spiro atoms. The molecule has 1 aromatic carbocycles. The molecule has 0 saturated heterocycles. The number of benzene rings is 1. The molecule has 0 radical (unpaired) electrons. The fraction of sp³-hybridized carbons (Fsp3) is 0.667. The van der Waals surface area contributed by atoms with E-state index in [1.54, 1.807) is 12.1 Å². The SMILES string of the molecule is COC(=O)CCCCOCC(COCCCCC(=O)OC)(COCCC(=O)OC)NS(=O)(=O)c1ccc(C)cc1. The van der Waals surface area contributed by atoms with E-state index >= 15 is 0 Å². The minimum atomic E-state index is -4.02. The first-order valence-corrected chi connectivity index (χ1v) is 14.6. The number of hydrogen-bond acceptors (Lipinski definition) is 11. The van der Waals surface area contributed by atoms with Gasteiger partial charge in [-0.25, -0.2) is 8.42 Å². The van der Waals surface area contributed by atoms with E-state index in [9.17, 15) is 22.8 Å². The Hall–Kier alpha value is -2.58. The van der Waals surface area contributed by atoms with Crippen molar-refractivity contribution in [1.82, 2.24) is 4.72 Å². The van der Waals surface area contributed by atoms with Crippen molar-refractivity contribution in [1.29, 1.82) is 0 Å². The molecule has 1 N–H and O–H groups in total. The molecule has 0 unspecified atom stereocenters. The van der Waals surface area contributed by atoms with Gasteiger partial charge in [0, 0.05) is 26.1 Å². The Balaban J connectivity index is 3.01. The highest BCUT2D eigenvalue weighted by Crippen LogP contribution is 2.18. The summed E-state index contributed by atoms with van der Waals surface area (Å²) >= 11 is 0. The van der Waals surface area contributed by atoms with Crippen molar-refractivity contribution in [2.75, 3.05) is 61.0 Å². The van der Waals surface area contributed by atoms with Crippen LogP contribution in [-0.2, 0) is 52.8 Å². The maximum atomic E-state index is 13.4. The van der Waals surface area contributed by atoms with Crippen LogP contribution in [0.5, 0.6) is 0 Å². The standard InChI is InChI=1S/C27H43NO11S/c1-22-11-13-23(14-12-22)40(32,33)28-27(21-39-18-15-26(31)36-4,19-37-16-7-5-9-24(29)34-2)20-38-17-8-6-10-25(30)35-3/h11-14,28H,5-10,15-21H2,1-4H3. The largest absolute Gasteiger partial charge is 0.469 e. The summed E-state index contributed by atoms with van der Waals surface area (Å²) in [5.41, 5.74) is -0.438. The lowest BCUT2D eigenvalue weighted by molar-refractivity contribution is -0.142. The molecule has 0 atom stereocenters. The molecule has 228 valence electrons. The van der Waals surface area contributed by atoms with Crippen molar-refractivity contribution >= 4 is 27.9 Å². The number of aryl methyl sites for hydroxylation is 1. The molecule has 1 aromatic rings. The highest BCUT2D eigenvalue weighted by molar-refractivity contribution is 7.89. The molecular formula is C27H43NO11S. The van der Waals surface area contributed by atoms with Gasteiger partial charge in [-0.3, -0.25) is 14.4 Å². The minimum Gasteiger partial charge on any atom is -0.469 e. The molecule has 12 nitrogen and oxygen atoms in total. The predicted octanol–water partition coefficient (Wildman–Crippen LogP) is 2.31. The normalized spacial score (nSPS) is 11.7. The minimum absolute atomic E-state index is 0.00105. The van der Waals surface area contributed by atoms with Crippen molar-refractivity contribution in [2.24, 2.45) is 0 Å². The summed E-state index contributed by atoms with van der Waals surface area (Å²) < 4.78 is 60.8. The summed E-state index contributed by atoms with van der Waals surface area (Å²) in [5, 5.41) is 0. The maximum absolute atomic E-state index is 13.4. The number of methoxy groups -OCH3 is 3. The first kappa shape index (κ1) is 35.4. The number of sulfonamides is 1. The molecule has 13 heteroatoms. The first-order valence-electron chi connectivity index (χ1n) is 13.1. The monoisotopic (exact) mass is 589 g/mol. The van der Waals surface area contributed by atoms with E-state index < -0.39 is 21.5 Å². The molecule has 0 heterocycles. The van der Waals surface area contributed by atoms with Gasteiger partial charge < -0.3 is 28.4 Å². The van der Waals surface area contributed by atoms with Gasteiger partial charge in [0.15, 0.2) is 0 Å². The van der Waals surface area contributed by atoms with Crippen LogP contribution in [0.25, 0.3) is 0 Å². The lowest BCUT2D eigenvalue weighted by Gasteiger charge is -2.34. The number of nitrogens with one attached hydrogen (secondary N) is 1. The molecule has 0 amide bonds. The summed E-state index contributed by atoms with van der Waals surface area (Å²) in [7, 11) is -0.108. The summed E-state index contributed by atoms with van der Waals surface area (Å²) in [5.74, 6) is -1.10. The molecule has 40 heavy (non-hydrogen) atoms. The molecule has 0 bridgehead atoms. The Labute approximate surface area is 237 Å². The van der Waals surface area contributed by atoms with E-state index in [1.807, 2.05) is 6.92 Å². The van der Waals surface area contributed by atoms with Crippen LogP contribution in [0.2, 0.25) is 0 Å². The van der Waals surface area contributed by atoms with Crippen molar-refractivity contribution < 1.29 is 51.2 Å². The van der Waals surface area contributed by atoms with Gasteiger partial charge in [-0.2, -0.15) is 4.72 Å². The second kappa shape index (κ2) is 19.5. The van der Waals surface area contributed by atoms with Gasteiger partial charge >= 0.3 is 17.9 Å². The van der Waals surface area contributed by atoms with E-state index in [0.717, 1.165) is 5.56 Å². The Kier molecular flexibility index (Phi) is 17.3. The number of hydrogen-bond donors (Lipinski definition) is 1. The first-order chi connectivity index (χ1) is 19.1. The second-order valence-corrected chi connectivity index (χ2v) is 10.9. The summed E-state index contributed by atoms with van der Waals surface area (Å²) in [6.07, 6.45) is 2.66. The van der Waals surface area contributed by atoms with E-state index in [-0.39, 0.29) is 75.7 Å². The summed E-state index contributed by atoms with van der Waals surface area (Å²) in [6, 6.07) is 6.39. The average molecular weight is 590 g/mol. The van der Waals surface area contributed by atoms with Crippen LogP contribution >= 0.6 is 0 Å². The molecule has 1 rings (SSSR count). The van der Waals surface area contributed by atoms with Gasteiger partial charge in [0.2, 0.25) is 10.0 Å². The predicted molar refractivity (Wildman–Crippen MR) is 145 cm³/mol. The van der Waals surface area contributed by atoms with Crippen molar-refractivity contribution in [3.8, 4) is 0 Å². The van der Waals surface area contributed by atoms with Crippen LogP contribution in [0, 0.1) is 6.92 Å². The zero-order valence-electron chi connectivity index (χ0n) is 23.9. The average Bonchev–Trinajstić information content (AvgIpc) is 2.94. The smallest absolute Gasteiger partial charge is 0.307 e. The summed E-state index contributed by atoms with van der Waals surface area (Å²) in [4.78, 5) is 34.3. The highest BCUT2D eigenvalue weighted by Gasteiger charge is 2.37.